The minimum absolute atomic E-state index is 0.0686. The highest BCUT2D eigenvalue weighted by Gasteiger charge is 2.23. The number of carbonyl (C=O) groups excluding carboxylic acids is 1. The van der Waals surface area contributed by atoms with Gasteiger partial charge in [0.25, 0.3) is 0 Å². The van der Waals surface area contributed by atoms with E-state index in [9.17, 15) is 13.2 Å². The maximum absolute atomic E-state index is 12.0. The molecule has 2 fully saturated rings. The Morgan fingerprint density at radius 2 is 1.91 bits per heavy atom. The van der Waals surface area contributed by atoms with Gasteiger partial charge in [0.05, 0.1) is 11.9 Å². The Kier molecular flexibility index (Phi) is 7.10. The first-order valence-corrected chi connectivity index (χ1v) is 10.3. The minimum atomic E-state index is -3.30. The molecule has 0 unspecified atom stereocenters. The lowest BCUT2D eigenvalue weighted by molar-refractivity contribution is 0.0221. The van der Waals surface area contributed by atoms with E-state index >= 15 is 0 Å². The van der Waals surface area contributed by atoms with Gasteiger partial charge in [-0.25, -0.2) is 17.9 Å². The summed E-state index contributed by atoms with van der Waals surface area (Å²) >= 11 is 0. The summed E-state index contributed by atoms with van der Waals surface area (Å²) in [5, 5.41) is 2.70. The van der Waals surface area contributed by atoms with Gasteiger partial charge in [-0.3, -0.25) is 0 Å². The van der Waals surface area contributed by atoms with E-state index in [-0.39, 0.29) is 24.4 Å². The second-order valence-corrected chi connectivity index (χ2v) is 8.26. The Morgan fingerprint density at radius 1 is 1.22 bits per heavy atom. The van der Waals surface area contributed by atoms with E-state index in [1.54, 1.807) is 4.90 Å². The molecule has 0 aromatic carbocycles. The zero-order valence-electron chi connectivity index (χ0n) is 13.9. The topological polar surface area (TPSA) is 87.7 Å². The van der Waals surface area contributed by atoms with Crippen LogP contribution in [-0.2, 0) is 14.8 Å². The maximum Gasteiger partial charge on any atom is 0.317 e. The van der Waals surface area contributed by atoms with Crippen LogP contribution in [0.25, 0.3) is 0 Å². The van der Waals surface area contributed by atoms with Crippen LogP contribution < -0.4 is 10.0 Å². The molecule has 23 heavy (non-hydrogen) atoms. The summed E-state index contributed by atoms with van der Waals surface area (Å²) < 4.78 is 31.9. The number of ether oxygens (including phenoxy) is 1. The fourth-order valence-electron chi connectivity index (χ4n) is 2.88. The highest BCUT2D eigenvalue weighted by atomic mass is 32.2. The molecule has 0 spiro atoms. The lowest BCUT2D eigenvalue weighted by Gasteiger charge is -2.31. The number of urea groups is 1. The van der Waals surface area contributed by atoms with Gasteiger partial charge in [-0.1, -0.05) is 6.42 Å². The van der Waals surface area contributed by atoms with Crippen molar-refractivity contribution in [1.82, 2.24) is 14.9 Å². The molecule has 1 heterocycles. The first kappa shape index (κ1) is 18.5. The maximum atomic E-state index is 12.0. The van der Waals surface area contributed by atoms with Crippen molar-refractivity contribution in [2.24, 2.45) is 5.92 Å². The fraction of sp³-hybridized carbons (Fsp3) is 0.933. The van der Waals surface area contributed by atoms with E-state index in [1.165, 1.54) is 6.42 Å². The Morgan fingerprint density at radius 3 is 2.48 bits per heavy atom. The number of rotatable bonds is 8. The van der Waals surface area contributed by atoms with E-state index in [1.807, 2.05) is 6.92 Å². The van der Waals surface area contributed by atoms with Gasteiger partial charge in [0, 0.05) is 32.8 Å². The van der Waals surface area contributed by atoms with Crippen molar-refractivity contribution in [2.75, 3.05) is 38.5 Å². The molecular weight excluding hydrogens is 318 g/mol. The van der Waals surface area contributed by atoms with Crippen molar-refractivity contribution in [2.45, 2.75) is 45.1 Å². The van der Waals surface area contributed by atoms with Crippen molar-refractivity contribution in [3.05, 3.63) is 0 Å². The van der Waals surface area contributed by atoms with Crippen LogP contribution in [0.5, 0.6) is 0 Å². The van der Waals surface area contributed by atoms with Crippen LogP contribution in [0.15, 0.2) is 0 Å². The van der Waals surface area contributed by atoms with Crippen LogP contribution >= 0.6 is 0 Å². The molecule has 7 nitrogen and oxygen atoms in total. The Bertz CT molecular complexity index is 471. The van der Waals surface area contributed by atoms with Crippen LogP contribution in [0.1, 0.15) is 39.0 Å². The molecule has 0 bridgehead atoms. The van der Waals surface area contributed by atoms with Gasteiger partial charge in [0.2, 0.25) is 10.0 Å². The van der Waals surface area contributed by atoms with E-state index < -0.39 is 10.0 Å². The van der Waals surface area contributed by atoms with E-state index in [0.717, 1.165) is 25.7 Å². The number of piperidine rings is 1. The zero-order valence-corrected chi connectivity index (χ0v) is 14.7. The number of amides is 2. The number of sulfonamides is 1. The molecule has 1 saturated carbocycles. The molecule has 0 atom stereocenters. The molecule has 1 aliphatic heterocycles. The molecule has 8 heteroatoms. The second-order valence-electron chi connectivity index (χ2n) is 6.34. The standard InChI is InChI=1S/C15H29N3O4S/c1-2-22-14-6-9-18(10-7-14)15(19)16-8-11-23(20,21)17-12-13-4-3-5-13/h13-14,17H,2-12H2,1H3,(H,16,19). The fourth-order valence-corrected chi connectivity index (χ4v) is 3.88. The number of likely N-dealkylation sites (tertiary alicyclic amines) is 1. The zero-order chi connectivity index (χ0) is 16.7. The first-order valence-electron chi connectivity index (χ1n) is 8.62. The third-order valence-corrected chi connectivity index (χ3v) is 5.94. The van der Waals surface area contributed by atoms with Crippen molar-refractivity contribution in [3.8, 4) is 0 Å². The smallest absolute Gasteiger partial charge is 0.317 e. The predicted octanol–water partition coefficient (Wildman–Crippen LogP) is 0.916. The van der Waals surface area contributed by atoms with E-state index in [4.69, 9.17) is 4.74 Å². The molecule has 1 aliphatic carbocycles. The number of nitrogens with zero attached hydrogens (tertiary/aromatic N) is 1. The van der Waals surface area contributed by atoms with E-state index in [2.05, 4.69) is 10.0 Å². The summed E-state index contributed by atoms with van der Waals surface area (Å²) in [6.07, 6.45) is 5.32. The summed E-state index contributed by atoms with van der Waals surface area (Å²) in [6.45, 7) is 4.65. The van der Waals surface area contributed by atoms with Gasteiger partial charge in [0.15, 0.2) is 0 Å². The molecule has 2 N–H and O–H groups in total. The molecule has 1 saturated heterocycles. The summed E-state index contributed by atoms with van der Waals surface area (Å²) in [4.78, 5) is 13.8. The lowest BCUT2D eigenvalue weighted by Crippen LogP contribution is -2.47. The molecule has 2 amide bonds. The van der Waals surface area contributed by atoms with Crippen LogP contribution in [0.3, 0.4) is 0 Å². The Labute approximate surface area is 139 Å². The van der Waals surface area contributed by atoms with Crippen LogP contribution in [0.2, 0.25) is 0 Å². The monoisotopic (exact) mass is 347 g/mol. The quantitative estimate of drug-likeness (QED) is 0.683. The van der Waals surface area contributed by atoms with Gasteiger partial charge in [0.1, 0.15) is 0 Å². The Hall–Kier alpha value is -0.860. The number of nitrogens with one attached hydrogen (secondary N) is 2. The van der Waals surface area contributed by atoms with Gasteiger partial charge >= 0.3 is 6.03 Å². The van der Waals surface area contributed by atoms with E-state index in [0.29, 0.717) is 32.2 Å². The third-order valence-electron chi connectivity index (χ3n) is 4.60. The number of hydrogen-bond donors (Lipinski definition) is 2. The summed E-state index contributed by atoms with van der Waals surface area (Å²) in [5.74, 6) is 0.423. The molecule has 0 aromatic heterocycles. The number of hydrogen-bond acceptors (Lipinski definition) is 4. The SMILES string of the molecule is CCOC1CCN(C(=O)NCCS(=O)(=O)NCC2CCC2)CC1. The van der Waals surface area contributed by atoms with Crippen LogP contribution in [-0.4, -0.2) is 64.0 Å². The second kappa shape index (κ2) is 8.84. The van der Waals surface area contributed by atoms with Gasteiger partial charge < -0.3 is 15.0 Å². The largest absolute Gasteiger partial charge is 0.378 e. The molecular formula is C15H29N3O4S. The van der Waals surface area contributed by atoms with Crippen molar-refractivity contribution < 1.29 is 17.9 Å². The number of carbonyl (C=O) groups is 1. The minimum Gasteiger partial charge on any atom is -0.378 e. The van der Waals surface area contributed by atoms with Crippen LogP contribution in [0, 0.1) is 5.92 Å². The lowest BCUT2D eigenvalue weighted by atomic mass is 9.86. The van der Waals surface area contributed by atoms with Gasteiger partial charge in [-0.05, 0) is 38.5 Å². The first-order chi connectivity index (χ1) is 11.0. The highest BCUT2D eigenvalue weighted by molar-refractivity contribution is 7.89. The summed E-state index contributed by atoms with van der Waals surface area (Å²) in [5.41, 5.74) is 0. The average Bonchev–Trinajstić information content (AvgIpc) is 2.46. The molecule has 0 aromatic rings. The van der Waals surface area contributed by atoms with Gasteiger partial charge in [-0.15, -0.1) is 0 Å². The molecule has 2 aliphatic rings. The van der Waals surface area contributed by atoms with Crippen molar-refractivity contribution in [1.29, 1.82) is 0 Å². The molecule has 134 valence electrons. The Balaban J connectivity index is 1.60. The van der Waals surface area contributed by atoms with Gasteiger partial charge in [-0.2, -0.15) is 0 Å². The summed E-state index contributed by atoms with van der Waals surface area (Å²) in [7, 11) is -3.30. The third kappa shape index (κ3) is 6.27. The predicted molar refractivity (Wildman–Crippen MR) is 88.8 cm³/mol. The average molecular weight is 347 g/mol. The van der Waals surface area contributed by atoms with Crippen LogP contribution in [0.4, 0.5) is 4.79 Å². The normalized spacial score (nSPS) is 20.3. The highest BCUT2D eigenvalue weighted by Crippen LogP contribution is 2.25. The molecule has 2 rings (SSSR count). The molecule has 0 radical (unpaired) electrons. The van der Waals surface area contributed by atoms with Crippen molar-refractivity contribution >= 4 is 16.1 Å². The van der Waals surface area contributed by atoms with Crippen molar-refractivity contribution in [3.63, 3.8) is 0 Å². The summed E-state index contributed by atoms with van der Waals surface area (Å²) in [6, 6.07) is -0.186.